The minimum atomic E-state index is -2.13. The Morgan fingerprint density at radius 2 is 0.876 bits per heavy atom. The van der Waals surface area contributed by atoms with Crippen LogP contribution < -0.4 is 53.8 Å². The molecule has 0 radical (unpaired) electrons. The number of fused-ring (bicyclic) bond motifs is 1. The number of H-pyrrole nitrogens is 1. The number of thioether (sulfide) groups is 1. The molecule has 7 amide bonds. The van der Waals surface area contributed by atoms with Crippen molar-refractivity contribution in [2.24, 2.45) is 17.8 Å². The number of Topliss-reactive ketones (excluding diaryl/α,β-unsaturated/α-hetero) is 3. The predicted molar refractivity (Wildman–Crippen MR) is 395 cm³/mol. The molecule has 2 aromatic heterocycles. The van der Waals surface area contributed by atoms with Gasteiger partial charge in [0.15, 0.2) is 22.7 Å². The summed E-state index contributed by atoms with van der Waals surface area (Å²) in [5, 5.41) is 189. The number of hydrogen-bond donors (Lipinski definition) is 27. The summed E-state index contributed by atoms with van der Waals surface area (Å²) < 4.78 is 0. The molecule has 0 aliphatic heterocycles. The first-order chi connectivity index (χ1) is 53.3. The van der Waals surface area contributed by atoms with Gasteiger partial charge in [-0.1, -0.05) is 26.7 Å². The third-order valence-electron chi connectivity index (χ3n) is 18.1. The van der Waals surface area contributed by atoms with Crippen LogP contribution in [0.25, 0.3) is 11.2 Å². The Bertz CT molecular complexity index is 3660. The second kappa shape index (κ2) is 50.3. The fraction of sp³-hybridized carbons (Fsp3) is 0.652. The number of nitrogens with zero attached hydrogens (tertiary/aromatic N) is 3. The van der Waals surface area contributed by atoms with Crippen LogP contribution in [0.4, 0.5) is 11.6 Å². The number of amides is 7. The van der Waals surface area contributed by atoms with E-state index in [4.69, 9.17) is 10.8 Å². The summed E-state index contributed by atoms with van der Waals surface area (Å²) in [7, 11) is 0. The normalized spacial score (nSPS) is 16.6. The Kier molecular flexibility index (Phi) is 43.7. The maximum Gasteiger partial charge on any atom is 0.327 e. The Hall–Kier alpha value is -8.97. The van der Waals surface area contributed by atoms with E-state index in [1.807, 2.05) is 0 Å². The summed E-state index contributed by atoms with van der Waals surface area (Å²) in [5.41, 5.74) is 5.65. The molecule has 0 unspecified atom stereocenters. The third kappa shape index (κ3) is 33.6. The van der Waals surface area contributed by atoms with E-state index in [0.29, 0.717) is 11.4 Å². The maximum atomic E-state index is 14.7. The van der Waals surface area contributed by atoms with Crippen molar-refractivity contribution < 1.29 is 144 Å². The number of nitrogens with two attached hydrogens (primary N) is 1. The van der Waals surface area contributed by atoms with Crippen molar-refractivity contribution in [2.75, 3.05) is 62.5 Å². The number of aliphatic hydroxyl groups excluding tert-OH is 15. The lowest BCUT2D eigenvalue weighted by molar-refractivity contribution is -0.142. The quantitative estimate of drug-likeness (QED) is 0.0250. The Morgan fingerprint density at radius 3 is 1.26 bits per heavy atom. The molecular formula is C69H107N13O30S. The number of aliphatic hydroxyl groups is 15. The van der Waals surface area contributed by atoms with Crippen LogP contribution in [0, 0.1) is 17.8 Å². The molecule has 0 saturated carbocycles. The van der Waals surface area contributed by atoms with Crippen LogP contribution in [0.15, 0.2) is 35.3 Å². The molecule has 0 bridgehead atoms. The maximum absolute atomic E-state index is 14.7. The van der Waals surface area contributed by atoms with E-state index in [-0.39, 0.29) is 60.7 Å². The molecule has 0 saturated heterocycles. The van der Waals surface area contributed by atoms with Crippen molar-refractivity contribution in [1.29, 1.82) is 0 Å². The summed E-state index contributed by atoms with van der Waals surface area (Å²) in [5.74, 6) is -17.6. The smallest absolute Gasteiger partial charge is 0.327 e. The number of carboxylic acids is 2. The number of nitrogens with one attached hydrogen (secondary N) is 9. The second-order valence-electron chi connectivity index (χ2n) is 27.0. The SMILES string of the molecule is CCC[C@@H](NC(=O)[C@H](CCC(=O)NC[C@H](O)[C@@H](O)[C@H](O)[C@H](O)CO)CC(=O)CC[C@H](NC(=O)c1ccc(NCc2cnc3nc(N)[nH]c(=O)c3n2)cc1)C(=O)O)C(=O)C[C@@H](CCC(=O)NC[C@H](O)[C@@H](O)[C@H](O)[C@H](O)CO)C(=O)N[C@H](CCC)C(=O)C[C@@H](CCC(=O)NC[C@H](O)[C@@H](O)[C@H](O)[C@H](O)CO)C(=O)N[C@H](CSC)C(=O)O. The number of aromatic amines is 1. The molecule has 634 valence electrons. The van der Waals surface area contributed by atoms with E-state index in [1.54, 1.807) is 13.8 Å². The van der Waals surface area contributed by atoms with Gasteiger partial charge in [0.05, 0.1) is 68.7 Å². The molecule has 3 aromatic rings. The number of nitrogen functional groups attached to an aromatic ring is 1. The van der Waals surface area contributed by atoms with Crippen LogP contribution >= 0.6 is 11.8 Å². The average molecular weight is 1630 g/mol. The fourth-order valence-electron chi connectivity index (χ4n) is 11.2. The highest BCUT2D eigenvalue weighted by molar-refractivity contribution is 7.98. The van der Waals surface area contributed by atoms with Crippen molar-refractivity contribution in [1.82, 2.24) is 57.2 Å². The predicted octanol–water partition coefficient (Wildman–Crippen LogP) is -8.90. The molecule has 28 N–H and O–H groups in total. The van der Waals surface area contributed by atoms with Gasteiger partial charge in [-0.25, -0.2) is 19.6 Å². The van der Waals surface area contributed by atoms with Crippen molar-refractivity contribution >= 4 is 105 Å². The molecule has 19 atom stereocenters. The van der Waals surface area contributed by atoms with Gasteiger partial charge >= 0.3 is 11.9 Å². The highest BCUT2D eigenvalue weighted by Crippen LogP contribution is 2.23. The number of anilines is 2. The van der Waals surface area contributed by atoms with E-state index < -0.39 is 301 Å². The van der Waals surface area contributed by atoms with Gasteiger partial charge in [0.2, 0.25) is 41.4 Å². The number of aliphatic carboxylic acids is 2. The summed E-state index contributed by atoms with van der Waals surface area (Å²) in [6.07, 6.45) is -28.5. The zero-order valence-electron chi connectivity index (χ0n) is 62.4. The summed E-state index contributed by atoms with van der Waals surface area (Å²) in [6, 6.07) is -0.716. The fourth-order valence-corrected chi connectivity index (χ4v) is 11.8. The molecule has 0 fully saturated rings. The first-order valence-corrected chi connectivity index (χ1v) is 37.6. The van der Waals surface area contributed by atoms with Crippen LogP contribution in [-0.4, -0.2) is 326 Å². The highest BCUT2D eigenvalue weighted by Gasteiger charge is 2.38. The number of aromatic nitrogens is 4. The van der Waals surface area contributed by atoms with Crippen LogP contribution in [0.5, 0.6) is 0 Å². The van der Waals surface area contributed by atoms with E-state index in [1.165, 1.54) is 36.7 Å². The molecule has 1 aromatic carbocycles. The highest BCUT2D eigenvalue weighted by atomic mass is 32.2. The zero-order valence-corrected chi connectivity index (χ0v) is 63.2. The number of carbonyl (C=O) groups excluding carboxylic acids is 10. The first-order valence-electron chi connectivity index (χ1n) is 36.2. The third-order valence-corrected chi connectivity index (χ3v) is 18.7. The number of benzene rings is 1. The number of carboxylic acid groups (broad SMARTS) is 2. The molecule has 44 heteroatoms. The summed E-state index contributed by atoms with van der Waals surface area (Å²) in [6.45, 7) is -2.17. The van der Waals surface area contributed by atoms with Gasteiger partial charge in [0, 0.05) is 99.3 Å². The van der Waals surface area contributed by atoms with Crippen molar-refractivity contribution in [3.8, 4) is 0 Å². The minimum absolute atomic E-state index is 0.0143. The average Bonchev–Trinajstić information content (AvgIpc) is 0.809. The summed E-state index contributed by atoms with van der Waals surface area (Å²) in [4.78, 5) is 191. The molecule has 0 aliphatic carbocycles. The van der Waals surface area contributed by atoms with Crippen LogP contribution in [-0.2, 0) is 59.3 Å². The minimum Gasteiger partial charge on any atom is -0.480 e. The monoisotopic (exact) mass is 1630 g/mol. The van der Waals surface area contributed by atoms with E-state index in [2.05, 4.69) is 62.5 Å². The molecule has 0 spiro atoms. The Morgan fingerprint density at radius 1 is 0.487 bits per heavy atom. The van der Waals surface area contributed by atoms with E-state index in [9.17, 15) is 144 Å². The zero-order chi connectivity index (χ0) is 84.9. The Labute approximate surface area is 650 Å². The molecule has 113 heavy (non-hydrogen) atoms. The van der Waals surface area contributed by atoms with Gasteiger partial charge < -0.3 is 135 Å². The molecule has 0 aliphatic rings. The number of hydrogen-bond acceptors (Lipinski definition) is 34. The van der Waals surface area contributed by atoms with Crippen molar-refractivity contribution in [2.45, 2.75) is 214 Å². The largest absolute Gasteiger partial charge is 0.480 e. The topological polar surface area (TPSA) is 743 Å². The van der Waals surface area contributed by atoms with Gasteiger partial charge in [-0.3, -0.25) is 57.7 Å². The lowest BCUT2D eigenvalue weighted by Crippen LogP contribution is -2.50. The number of rotatable bonds is 57. The van der Waals surface area contributed by atoms with Gasteiger partial charge in [-0.2, -0.15) is 16.7 Å². The van der Waals surface area contributed by atoms with Gasteiger partial charge in [-0.15, -0.1) is 0 Å². The van der Waals surface area contributed by atoms with Crippen molar-refractivity contribution in [3.63, 3.8) is 0 Å². The lowest BCUT2D eigenvalue weighted by atomic mass is 9.89. The molecule has 3 rings (SSSR count). The second-order valence-corrected chi connectivity index (χ2v) is 27.9. The van der Waals surface area contributed by atoms with Crippen LogP contribution in [0.3, 0.4) is 0 Å². The van der Waals surface area contributed by atoms with E-state index >= 15 is 0 Å². The molecule has 43 nitrogen and oxygen atoms in total. The van der Waals surface area contributed by atoms with Gasteiger partial charge in [0.1, 0.15) is 72.8 Å². The van der Waals surface area contributed by atoms with Gasteiger partial charge in [0.25, 0.3) is 11.5 Å². The van der Waals surface area contributed by atoms with E-state index in [0.717, 1.165) is 11.8 Å². The lowest BCUT2D eigenvalue weighted by Gasteiger charge is -2.26. The number of ketones is 3. The van der Waals surface area contributed by atoms with Crippen LogP contribution in [0.1, 0.15) is 126 Å². The van der Waals surface area contributed by atoms with Crippen LogP contribution in [0.2, 0.25) is 0 Å². The number of carbonyl (C=O) groups is 12. The summed E-state index contributed by atoms with van der Waals surface area (Å²) >= 11 is 1.03. The molecular weight excluding hydrogens is 1520 g/mol. The Balaban J connectivity index is 1.98. The van der Waals surface area contributed by atoms with Crippen molar-refractivity contribution in [3.05, 3.63) is 52.1 Å². The first kappa shape index (κ1) is 98.2. The molecule has 2 heterocycles. The van der Waals surface area contributed by atoms with Gasteiger partial charge in [-0.05, 0) is 69.0 Å². The standard InChI is InChI=1S/C69H107N13O30S/c1-4-6-39(77-63(105)33(10-17-51(95)72-25-45(89)55(98)58(101)48(92)28-83)20-38(86)15-16-41(67(109)110)79-62(104)32-8-13-36(14-9-32)71-23-37-24-75-61-54(76-37)66(108)82-69(70)81-61)43(87)21-34(11-18-52(96)73-26-46(90)56(99)59(102)49(93)29-84)64(106)78-40(7-5-2)44(88)22-35(65(107)80-42(31-113-3)68(111)112)12-19-53(97)74-27-47(91)57(100)60(103)50(94)30-85/h8-9,13-14,24,33-35,39-42,45-50,55-60,71,83-85,89-94,98-103H,4-7,10-12,15-23,25-31H2,1-3H3,(H,72,95)(H,73,96)(H,74,97)(H,77,105)(H,78,106)(H,79,104)(H,80,107)(H,109,110)(H,111,112)(H3,70,75,81,82,108)/t33-,34-,35-,39-,40-,41+,42-,45+,46+,47+,48-,49-,50-,55-,56-,57-,58-,59-,60-/m1/s1.